The van der Waals surface area contributed by atoms with Crippen LogP contribution in [0.5, 0.6) is 0 Å². The van der Waals surface area contributed by atoms with Gasteiger partial charge >= 0.3 is 0 Å². The molecule has 3 rings (SSSR count). The SMILES string of the molecule is NCC(c1cccc(Cl)c1)N1CCCC1c1ccccc1. The maximum absolute atomic E-state index is 6.15. The molecule has 2 N–H and O–H groups in total. The van der Waals surface area contributed by atoms with Crippen LogP contribution >= 0.6 is 11.6 Å². The summed E-state index contributed by atoms with van der Waals surface area (Å²) in [6.45, 7) is 1.71. The Labute approximate surface area is 131 Å². The standard InChI is InChI=1S/C18H21ClN2/c19-16-9-4-8-15(12-16)18(13-20)21-11-5-10-17(21)14-6-2-1-3-7-14/h1-4,6-9,12,17-18H,5,10-11,13,20H2. The summed E-state index contributed by atoms with van der Waals surface area (Å²) in [5, 5.41) is 0.779. The van der Waals surface area contributed by atoms with Gasteiger partial charge in [0.15, 0.2) is 0 Å². The van der Waals surface area contributed by atoms with E-state index in [0.29, 0.717) is 12.6 Å². The number of hydrogen-bond acceptors (Lipinski definition) is 2. The molecule has 3 heteroatoms. The largest absolute Gasteiger partial charge is 0.329 e. The molecule has 0 saturated carbocycles. The summed E-state index contributed by atoms with van der Waals surface area (Å²) >= 11 is 6.15. The first-order chi connectivity index (χ1) is 10.3. The molecule has 2 unspecified atom stereocenters. The molecule has 0 amide bonds. The highest BCUT2D eigenvalue weighted by Gasteiger charge is 2.31. The van der Waals surface area contributed by atoms with Crippen LogP contribution in [0.25, 0.3) is 0 Å². The second kappa shape index (κ2) is 6.61. The van der Waals surface area contributed by atoms with Gasteiger partial charge < -0.3 is 5.73 Å². The van der Waals surface area contributed by atoms with Crippen molar-refractivity contribution in [2.24, 2.45) is 5.73 Å². The molecule has 21 heavy (non-hydrogen) atoms. The van der Waals surface area contributed by atoms with Crippen LogP contribution in [0.15, 0.2) is 54.6 Å². The van der Waals surface area contributed by atoms with E-state index in [4.69, 9.17) is 17.3 Å². The lowest BCUT2D eigenvalue weighted by Crippen LogP contribution is -2.33. The van der Waals surface area contributed by atoms with Gasteiger partial charge in [-0.1, -0.05) is 54.1 Å². The highest BCUT2D eigenvalue weighted by atomic mass is 35.5. The van der Waals surface area contributed by atoms with Gasteiger partial charge in [0.1, 0.15) is 0 Å². The van der Waals surface area contributed by atoms with Crippen molar-refractivity contribution in [3.8, 4) is 0 Å². The summed E-state index contributed by atoms with van der Waals surface area (Å²) in [7, 11) is 0. The smallest absolute Gasteiger partial charge is 0.0477 e. The van der Waals surface area contributed by atoms with Crippen molar-refractivity contribution in [3.05, 3.63) is 70.7 Å². The van der Waals surface area contributed by atoms with Crippen LogP contribution < -0.4 is 5.73 Å². The Morgan fingerprint density at radius 1 is 1.14 bits per heavy atom. The Morgan fingerprint density at radius 3 is 2.67 bits per heavy atom. The van der Waals surface area contributed by atoms with E-state index in [1.807, 2.05) is 18.2 Å². The van der Waals surface area contributed by atoms with E-state index in [1.165, 1.54) is 24.0 Å². The Morgan fingerprint density at radius 2 is 1.95 bits per heavy atom. The van der Waals surface area contributed by atoms with E-state index >= 15 is 0 Å². The van der Waals surface area contributed by atoms with Crippen molar-refractivity contribution < 1.29 is 0 Å². The van der Waals surface area contributed by atoms with Crippen molar-refractivity contribution in [3.63, 3.8) is 0 Å². The number of likely N-dealkylation sites (tertiary alicyclic amines) is 1. The fourth-order valence-corrected chi connectivity index (χ4v) is 3.57. The highest BCUT2D eigenvalue weighted by Crippen LogP contribution is 2.38. The molecule has 0 spiro atoms. The molecule has 0 radical (unpaired) electrons. The molecular weight excluding hydrogens is 280 g/mol. The summed E-state index contributed by atoms with van der Waals surface area (Å²) in [4.78, 5) is 2.53. The molecule has 2 nitrogen and oxygen atoms in total. The average molecular weight is 301 g/mol. The molecule has 1 saturated heterocycles. The first-order valence-electron chi connectivity index (χ1n) is 7.56. The van der Waals surface area contributed by atoms with Crippen molar-refractivity contribution in [2.45, 2.75) is 24.9 Å². The fraction of sp³-hybridized carbons (Fsp3) is 0.333. The van der Waals surface area contributed by atoms with Gasteiger partial charge in [-0.15, -0.1) is 0 Å². The predicted molar refractivity (Wildman–Crippen MR) is 88.4 cm³/mol. The van der Waals surface area contributed by atoms with Gasteiger partial charge in [-0.25, -0.2) is 0 Å². The molecular formula is C18H21ClN2. The van der Waals surface area contributed by atoms with Gasteiger partial charge in [0, 0.05) is 23.7 Å². The van der Waals surface area contributed by atoms with Crippen LogP contribution in [0, 0.1) is 0 Å². The topological polar surface area (TPSA) is 29.3 Å². The minimum atomic E-state index is 0.233. The lowest BCUT2D eigenvalue weighted by atomic mass is 10.0. The van der Waals surface area contributed by atoms with Gasteiger partial charge in [0.25, 0.3) is 0 Å². The maximum atomic E-state index is 6.15. The zero-order valence-corrected chi connectivity index (χ0v) is 12.8. The minimum absolute atomic E-state index is 0.233. The third kappa shape index (κ3) is 3.13. The molecule has 1 heterocycles. The normalized spacial score (nSPS) is 20.6. The molecule has 1 aliphatic heterocycles. The Balaban J connectivity index is 1.89. The molecule has 1 fully saturated rings. The zero-order valence-electron chi connectivity index (χ0n) is 12.1. The molecule has 1 aliphatic rings. The Hall–Kier alpha value is -1.35. The van der Waals surface area contributed by atoms with E-state index in [-0.39, 0.29) is 6.04 Å². The van der Waals surface area contributed by atoms with Crippen LogP contribution in [-0.2, 0) is 0 Å². The quantitative estimate of drug-likeness (QED) is 0.918. The number of halogens is 1. The predicted octanol–water partition coefficient (Wildman–Crippen LogP) is 4.18. The second-order valence-corrected chi connectivity index (χ2v) is 6.05. The first-order valence-corrected chi connectivity index (χ1v) is 7.93. The summed E-state index contributed by atoms with van der Waals surface area (Å²) in [5.74, 6) is 0. The van der Waals surface area contributed by atoms with Gasteiger partial charge in [-0.05, 0) is 42.6 Å². The number of nitrogens with two attached hydrogens (primary N) is 1. The van der Waals surface area contributed by atoms with Gasteiger partial charge in [-0.2, -0.15) is 0 Å². The average Bonchev–Trinajstić information content (AvgIpc) is 2.98. The van der Waals surface area contributed by atoms with Crippen LogP contribution in [0.2, 0.25) is 5.02 Å². The third-order valence-corrected chi connectivity index (χ3v) is 4.57. The van der Waals surface area contributed by atoms with E-state index < -0.39 is 0 Å². The van der Waals surface area contributed by atoms with E-state index in [9.17, 15) is 0 Å². The van der Waals surface area contributed by atoms with Gasteiger partial charge in [0.05, 0.1) is 0 Å². The van der Waals surface area contributed by atoms with Crippen molar-refractivity contribution in [2.75, 3.05) is 13.1 Å². The lowest BCUT2D eigenvalue weighted by molar-refractivity contribution is 0.185. The number of benzene rings is 2. The summed E-state index contributed by atoms with van der Waals surface area (Å²) < 4.78 is 0. The number of nitrogens with zero attached hydrogens (tertiary/aromatic N) is 1. The second-order valence-electron chi connectivity index (χ2n) is 5.61. The molecule has 2 aromatic rings. The van der Waals surface area contributed by atoms with E-state index in [0.717, 1.165) is 11.6 Å². The lowest BCUT2D eigenvalue weighted by Gasteiger charge is -2.33. The maximum Gasteiger partial charge on any atom is 0.0477 e. The van der Waals surface area contributed by atoms with Crippen LogP contribution in [0.4, 0.5) is 0 Å². The van der Waals surface area contributed by atoms with Crippen molar-refractivity contribution in [1.82, 2.24) is 4.90 Å². The number of hydrogen-bond donors (Lipinski definition) is 1. The monoisotopic (exact) mass is 300 g/mol. The third-order valence-electron chi connectivity index (χ3n) is 4.34. The Kier molecular flexibility index (Phi) is 4.59. The zero-order chi connectivity index (χ0) is 14.7. The molecule has 0 aromatic heterocycles. The van der Waals surface area contributed by atoms with Crippen LogP contribution in [-0.4, -0.2) is 18.0 Å². The minimum Gasteiger partial charge on any atom is -0.329 e. The molecule has 2 atom stereocenters. The number of rotatable bonds is 4. The first kappa shape index (κ1) is 14.6. The summed E-state index contributed by atoms with van der Waals surface area (Å²) in [6, 6.07) is 19.5. The fourth-order valence-electron chi connectivity index (χ4n) is 3.37. The summed E-state index contributed by atoms with van der Waals surface area (Å²) in [5.41, 5.74) is 8.69. The van der Waals surface area contributed by atoms with Crippen LogP contribution in [0.3, 0.4) is 0 Å². The van der Waals surface area contributed by atoms with E-state index in [2.05, 4.69) is 41.3 Å². The van der Waals surface area contributed by atoms with Crippen molar-refractivity contribution >= 4 is 11.6 Å². The van der Waals surface area contributed by atoms with E-state index in [1.54, 1.807) is 0 Å². The Bertz CT molecular complexity index is 585. The summed E-state index contributed by atoms with van der Waals surface area (Å²) in [6.07, 6.45) is 2.41. The molecule has 2 aromatic carbocycles. The molecule has 110 valence electrons. The molecule has 0 bridgehead atoms. The van der Waals surface area contributed by atoms with Gasteiger partial charge in [-0.3, -0.25) is 4.90 Å². The molecule has 0 aliphatic carbocycles. The van der Waals surface area contributed by atoms with Gasteiger partial charge in [0.2, 0.25) is 0 Å². The highest BCUT2D eigenvalue weighted by molar-refractivity contribution is 6.30. The van der Waals surface area contributed by atoms with Crippen LogP contribution in [0.1, 0.15) is 36.1 Å². The van der Waals surface area contributed by atoms with Crippen molar-refractivity contribution in [1.29, 1.82) is 0 Å².